The van der Waals surface area contributed by atoms with Crippen molar-refractivity contribution >= 4 is 17.4 Å². The molecule has 0 saturated heterocycles. The molecule has 1 aromatic carbocycles. The van der Waals surface area contributed by atoms with E-state index in [1.54, 1.807) is 38.6 Å². The van der Waals surface area contributed by atoms with Gasteiger partial charge in [0.2, 0.25) is 0 Å². The number of hydrogen-bond donors (Lipinski definition) is 1. The van der Waals surface area contributed by atoms with Crippen molar-refractivity contribution in [2.45, 2.75) is 19.8 Å². The Hall–Kier alpha value is -2.76. The summed E-state index contributed by atoms with van der Waals surface area (Å²) in [5.74, 6) is 1.77. The monoisotopic (exact) mass is 343 g/mol. The minimum absolute atomic E-state index is 0.244. The number of pyridine rings is 1. The highest BCUT2D eigenvalue weighted by Crippen LogP contribution is 2.23. The number of carbonyl (C=O) groups excluding carboxylic acids is 1. The molecule has 2 rings (SSSR count). The lowest BCUT2D eigenvalue weighted by Crippen LogP contribution is -2.19. The van der Waals surface area contributed by atoms with Crippen LogP contribution in [0.5, 0.6) is 11.5 Å². The quantitative estimate of drug-likeness (QED) is 0.793. The van der Waals surface area contributed by atoms with Crippen molar-refractivity contribution in [2.75, 3.05) is 38.0 Å². The van der Waals surface area contributed by atoms with Crippen LogP contribution in [0.3, 0.4) is 0 Å². The standard InChI is InChI=1S/C19H25N3O3/c1-5-6-9-22(2)18-8-7-15(13-20-18)21-19(23)14-10-16(24-3)12-17(11-14)25-4/h7-8,10-13H,5-6,9H2,1-4H3,(H,21,23). The number of amides is 1. The third kappa shape index (κ3) is 5.11. The maximum absolute atomic E-state index is 12.5. The summed E-state index contributed by atoms with van der Waals surface area (Å²) in [5.41, 5.74) is 1.10. The van der Waals surface area contributed by atoms with Gasteiger partial charge in [-0.15, -0.1) is 0 Å². The zero-order chi connectivity index (χ0) is 18.2. The van der Waals surface area contributed by atoms with E-state index in [2.05, 4.69) is 22.1 Å². The zero-order valence-corrected chi connectivity index (χ0v) is 15.2. The largest absolute Gasteiger partial charge is 0.497 e. The number of benzene rings is 1. The minimum Gasteiger partial charge on any atom is -0.497 e. The minimum atomic E-state index is -0.244. The van der Waals surface area contributed by atoms with Crippen LogP contribution in [0.4, 0.5) is 11.5 Å². The predicted molar refractivity (Wildman–Crippen MR) is 99.9 cm³/mol. The van der Waals surface area contributed by atoms with Crippen LogP contribution in [-0.2, 0) is 0 Å². The Morgan fingerprint density at radius 3 is 2.36 bits per heavy atom. The molecule has 0 saturated carbocycles. The molecule has 0 bridgehead atoms. The van der Waals surface area contributed by atoms with E-state index < -0.39 is 0 Å². The summed E-state index contributed by atoms with van der Waals surface area (Å²) >= 11 is 0. The van der Waals surface area contributed by atoms with E-state index in [1.165, 1.54) is 0 Å². The summed E-state index contributed by atoms with van der Waals surface area (Å²) in [6.07, 6.45) is 3.92. The maximum atomic E-state index is 12.5. The molecule has 1 heterocycles. The van der Waals surface area contributed by atoms with E-state index in [1.807, 2.05) is 19.2 Å². The molecule has 1 aromatic heterocycles. The molecule has 0 radical (unpaired) electrons. The Balaban J connectivity index is 2.08. The van der Waals surface area contributed by atoms with Crippen molar-refractivity contribution in [3.8, 4) is 11.5 Å². The number of unbranched alkanes of at least 4 members (excludes halogenated alkanes) is 1. The lowest BCUT2D eigenvalue weighted by Gasteiger charge is -2.17. The van der Waals surface area contributed by atoms with E-state index in [0.717, 1.165) is 25.2 Å². The van der Waals surface area contributed by atoms with Gasteiger partial charge in [0, 0.05) is 25.2 Å². The van der Waals surface area contributed by atoms with Crippen molar-refractivity contribution in [3.05, 3.63) is 42.1 Å². The van der Waals surface area contributed by atoms with Crippen LogP contribution in [0.1, 0.15) is 30.1 Å². The summed E-state index contributed by atoms with van der Waals surface area (Å²) in [7, 11) is 5.11. The van der Waals surface area contributed by atoms with E-state index in [0.29, 0.717) is 22.7 Å². The van der Waals surface area contributed by atoms with E-state index in [9.17, 15) is 4.79 Å². The third-order valence-corrected chi connectivity index (χ3v) is 3.86. The van der Waals surface area contributed by atoms with Gasteiger partial charge in [-0.2, -0.15) is 0 Å². The van der Waals surface area contributed by atoms with Crippen molar-refractivity contribution in [2.24, 2.45) is 0 Å². The van der Waals surface area contributed by atoms with E-state index >= 15 is 0 Å². The van der Waals surface area contributed by atoms with Gasteiger partial charge in [-0.25, -0.2) is 4.98 Å². The third-order valence-electron chi connectivity index (χ3n) is 3.86. The number of carbonyl (C=O) groups is 1. The van der Waals surface area contributed by atoms with Gasteiger partial charge in [-0.3, -0.25) is 4.79 Å². The van der Waals surface area contributed by atoms with Crippen LogP contribution in [0.2, 0.25) is 0 Å². The highest BCUT2D eigenvalue weighted by molar-refractivity contribution is 6.04. The lowest BCUT2D eigenvalue weighted by atomic mass is 10.2. The SMILES string of the molecule is CCCCN(C)c1ccc(NC(=O)c2cc(OC)cc(OC)c2)cn1. The summed E-state index contributed by atoms with van der Waals surface area (Å²) in [5, 5.41) is 2.84. The Labute approximate surface area is 148 Å². The highest BCUT2D eigenvalue weighted by atomic mass is 16.5. The molecule has 0 fully saturated rings. The number of nitrogens with zero attached hydrogens (tertiary/aromatic N) is 2. The average molecular weight is 343 g/mol. The lowest BCUT2D eigenvalue weighted by molar-refractivity contribution is 0.102. The molecule has 6 heteroatoms. The summed E-state index contributed by atoms with van der Waals surface area (Å²) in [4.78, 5) is 19.0. The van der Waals surface area contributed by atoms with Crippen LogP contribution in [0.15, 0.2) is 36.5 Å². The van der Waals surface area contributed by atoms with Crippen molar-refractivity contribution < 1.29 is 14.3 Å². The average Bonchev–Trinajstić information content (AvgIpc) is 2.66. The second kappa shape index (κ2) is 8.92. The molecule has 25 heavy (non-hydrogen) atoms. The molecule has 0 aliphatic rings. The van der Waals surface area contributed by atoms with Gasteiger partial charge in [-0.1, -0.05) is 13.3 Å². The Bertz CT molecular complexity index is 679. The van der Waals surface area contributed by atoms with Crippen molar-refractivity contribution in [1.29, 1.82) is 0 Å². The summed E-state index contributed by atoms with van der Waals surface area (Å²) in [6.45, 7) is 3.12. The fraction of sp³-hybridized carbons (Fsp3) is 0.368. The van der Waals surface area contributed by atoms with Crippen LogP contribution in [-0.4, -0.2) is 38.7 Å². The Morgan fingerprint density at radius 2 is 1.84 bits per heavy atom. The van der Waals surface area contributed by atoms with Crippen molar-refractivity contribution in [3.63, 3.8) is 0 Å². The van der Waals surface area contributed by atoms with Gasteiger partial charge in [0.25, 0.3) is 5.91 Å². The summed E-state index contributed by atoms with van der Waals surface area (Å²) < 4.78 is 10.4. The van der Waals surface area contributed by atoms with Gasteiger partial charge >= 0.3 is 0 Å². The normalized spacial score (nSPS) is 10.2. The summed E-state index contributed by atoms with van der Waals surface area (Å²) in [6, 6.07) is 8.80. The molecule has 0 aliphatic heterocycles. The van der Waals surface area contributed by atoms with Gasteiger partial charge in [0.15, 0.2) is 0 Å². The number of anilines is 2. The Kier molecular flexibility index (Phi) is 6.62. The number of aromatic nitrogens is 1. The topological polar surface area (TPSA) is 63.7 Å². The van der Waals surface area contributed by atoms with Gasteiger partial charge in [-0.05, 0) is 30.7 Å². The molecular weight excluding hydrogens is 318 g/mol. The molecule has 134 valence electrons. The zero-order valence-electron chi connectivity index (χ0n) is 15.2. The molecule has 1 N–H and O–H groups in total. The van der Waals surface area contributed by atoms with Crippen LogP contribution in [0.25, 0.3) is 0 Å². The van der Waals surface area contributed by atoms with Gasteiger partial charge in [0.05, 0.1) is 26.1 Å². The fourth-order valence-electron chi connectivity index (χ4n) is 2.34. The second-order valence-corrected chi connectivity index (χ2v) is 5.74. The number of nitrogens with one attached hydrogen (secondary N) is 1. The number of ether oxygens (including phenoxy) is 2. The molecule has 0 aliphatic carbocycles. The number of methoxy groups -OCH3 is 2. The van der Waals surface area contributed by atoms with E-state index in [-0.39, 0.29) is 5.91 Å². The molecule has 1 amide bonds. The fourth-order valence-corrected chi connectivity index (χ4v) is 2.34. The molecule has 0 atom stereocenters. The molecular formula is C19H25N3O3. The number of hydrogen-bond acceptors (Lipinski definition) is 5. The molecule has 0 unspecified atom stereocenters. The van der Waals surface area contributed by atoms with Crippen LogP contribution in [0, 0.1) is 0 Å². The first kappa shape index (κ1) is 18.6. The first-order valence-electron chi connectivity index (χ1n) is 8.29. The smallest absolute Gasteiger partial charge is 0.255 e. The maximum Gasteiger partial charge on any atom is 0.255 e. The Morgan fingerprint density at radius 1 is 1.16 bits per heavy atom. The predicted octanol–water partition coefficient (Wildman–Crippen LogP) is 3.59. The first-order valence-corrected chi connectivity index (χ1v) is 8.29. The van der Waals surface area contributed by atoms with E-state index in [4.69, 9.17) is 9.47 Å². The number of rotatable bonds is 8. The first-order chi connectivity index (χ1) is 12.1. The molecule has 6 nitrogen and oxygen atoms in total. The van der Waals surface area contributed by atoms with Crippen molar-refractivity contribution in [1.82, 2.24) is 4.98 Å². The van der Waals surface area contributed by atoms with Gasteiger partial charge in [0.1, 0.15) is 17.3 Å². The highest BCUT2D eigenvalue weighted by Gasteiger charge is 2.11. The second-order valence-electron chi connectivity index (χ2n) is 5.74. The van der Waals surface area contributed by atoms with Crippen LogP contribution >= 0.6 is 0 Å². The van der Waals surface area contributed by atoms with Crippen LogP contribution < -0.4 is 19.7 Å². The van der Waals surface area contributed by atoms with Gasteiger partial charge < -0.3 is 19.7 Å². The molecule has 2 aromatic rings. The molecule has 0 spiro atoms.